The van der Waals surface area contributed by atoms with Crippen LogP contribution < -0.4 is 62.2 Å². The summed E-state index contributed by atoms with van der Waals surface area (Å²) in [5.41, 5.74) is -5.04. The molecular formula is C54H30O18. The van der Waals surface area contributed by atoms with Crippen molar-refractivity contribution in [3.8, 4) is 34.5 Å². The summed E-state index contributed by atoms with van der Waals surface area (Å²) in [5.74, 6) is 0.331. The van der Waals surface area contributed by atoms with E-state index >= 15 is 0 Å². The molecular weight excluding hydrogens is 937 g/mol. The van der Waals surface area contributed by atoms with Crippen LogP contribution in [0.15, 0.2) is 128 Å². The first-order chi connectivity index (χ1) is 34.9. The molecule has 13 rings (SSSR count). The zero-order valence-electron chi connectivity index (χ0n) is 38.3. The molecule has 18 heteroatoms. The van der Waals surface area contributed by atoms with Crippen molar-refractivity contribution in [2.45, 2.75) is 0 Å². The van der Waals surface area contributed by atoms with Gasteiger partial charge in [-0.15, -0.1) is 0 Å². The first kappa shape index (κ1) is 42.3. The van der Waals surface area contributed by atoms with E-state index in [1.807, 2.05) is 0 Å². The standard InChI is InChI=1S/C54H30O18/c1-61-33-11-7-9-19-21-13-29-23(15-27(21)49(55)67-39(19)33)35-41(63-3)47-37(43(65-5)45(35)69-51(29)57)25-17-32-26(18-31(25)53(59)71-47)38-44(66-6)46-36(42(64-4)48(38)72-54(32)60)24-16-28-22(14-30(24)52(58)70-46)20-10-8-12-34(62-2)40(20)68-50(28)56/h7-18H,1-6H3. The van der Waals surface area contributed by atoms with E-state index in [-0.39, 0.29) is 132 Å². The van der Waals surface area contributed by atoms with Crippen molar-refractivity contribution in [2.75, 3.05) is 42.7 Å². The van der Waals surface area contributed by atoms with Crippen LogP contribution in [0.5, 0.6) is 34.5 Å². The number of hydrogen-bond acceptors (Lipinski definition) is 18. The van der Waals surface area contributed by atoms with E-state index in [1.165, 1.54) is 79.1 Å². The minimum atomic E-state index is -0.895. The van der Waals surface area contributed by atoms with E-state index in [4.69, 9.17) is 54.9 Å². The summed E-state index contributed by atoms with van der Waals surface area (Å²) in [6.07, 6.45) is 0. The van der Waals surface area contributed by atoms with Gasteiger partial charge in [-0.25, -0.2) is 28.8 Å². The largest absolute Gasteiger partial charge is 0.493 e. The Morgan fingerprint density at radius 3 is 0.750 bits per heavy atom. The number of para-hydroxylation sites is 2. The predicted molar refractivity (Wildman–Crippen MR) is 267 cm³/mol. The second-order valence-electron chi connectivity index (χ2n) is 16.8. The molecule has 0 unspecified atom stereocenters. The van der Waals surface area contributed by atoms with Crippen molar-refractivity contribution in [1.82, 2.24) is 0 Å². The fourth-order valence-corrected chi connectivity index (χ4v) is 10.4. The summed E-state index contributed by atoms with van der Waals surface area (Å²) in [6, 6.07) is 18.9. The lowest BCUT2D eigenvalue weighted by molar-refractivity contribution is 0.400. The maximum Gasteiger partial charge on any atom is 0.344 e. The molecule has 0 radical (unpaired) electrons. The average Bonchev–Trinajstić information content (AvgIpc) is 3.39. The maximum absolute atomic E-state index is 14.5. The molecule has 13 aromatic rings. The van der Waals surface area contributed by atoms with Crippen molar-refractivity contribution in [1.29, 1.82) is 0 Å². The van der Waals surface area contributed by atoms with Crippen molar-refractivity contribution >= 4 is 130 Å². The number of ether oxygens (including phenoxy) is 6. The van der Waals surface area contributed by atoms with Crippen LogP contribution in [0.1, 0.15) is 0 Å². The quantitative estimate of drug-likeness (QED) is 0.0857. The lowest BCUT2D eigenvalue weighted by Gasteiger charge is -2.17. The van der Waals surface area contributed by atoms with Gasteiger partial charge in [0.15, 0.2) is 68.0 Å². The lowest BCUT2D eigenvalue weighted by Crippen LogP contribution is -2.08. The van der Waals surface area contributed by atoms with E-state index in [0.29, 0.717) is 33.0 Å². The Hall–Kier alpha value is -9.84. The van der Waals surface area contributed by atoms with Gasteiger partial charge in [-0.1, -0.05) is 24.3 Å². The minimum Gasteiger partial charge on any atom is -0.493 e. The maximum atomic E-state index is 14.5. The number of hydrogen-bond donors (Lipinski definition) is 0. The summed E-state index contributed by atoms with van der Waals surface area (Å²) in [7, 11) is 8.15. The fourth-order valence-electron chi connectivity index (χ4n) is 10.4. The highest BCUT2D eigenvalue weighted by Crippen LogP contribution is 2.50. The molecule has 0 amide bonds. The average molecular weight is 967 g/mol. The third-order valence-corrected chi connectivity index (χ3v) is 13.5. The third kappa shape index (κ3) is 5.36. The van der Waals surface area contributed by atoms with Crippen LogP contribution in [0.25, 0.3) is 130 Å². The second kappa shape index (κ2) is 14.8. The predicted octanol–water partition coefficient (Wildman–Crippen LogP) is 9.30. The molecule has 18 nitrogen and oxygen atoms in total. The van der Waals surface area contributed by atoms with Crippen LogP contribution in [-0.4, -0.2) is 42.7 Å². The highest BCUT2D eigenvalue weighted by atomic mass is 16.5. The summed E-state index contributed by atoms with van der Waals surface area (Å²) in [4.78, 5) is 84.3. The molecule has 6 heterocycles. The van der Waals surface area contributed by atoms with Gasteiger partial charge in [0.2, 0.25) is 0 Å². The van der Waals surface area contributed by atoms with E-state index in [9.17, 15) is 28.8 Å². The van der Waals surface area contributed by atoms with Crippen LogP contribution in [0.4, 0.5) is 0 Å². The van der Waals surface area contributed by atoms with Crippen molar-refractivity contribution in [2.24, 2.45) is 0 Å². The molecule has 0 fully saturated rings. The number of fused-ring (bicyclic) bond motifs is 18. The van der Waals surface area contributed by atoms with Crippen molar-refractivity contribution in [3.63, 3.8) is 0 Å². The third-order valence-electron chi connectivity index (χ3n) is 13.5. The summed E-state index contributed by atoms with van der Waals surface area (Å²) >= 11 is 0. The lowest BCUT2D eigenvalue weighted by atomic mass is 9.95. The van der Waals surface area contributed by atoms with Gasteiger partial charge >= 0.3 is 33.8 Å². The van der Waals surface area contributed by atoms with Gasteiger partial charge in [0.05, 0.1) is 96.5 Å². The van der Waals surface area contributed by atoms with Crippen LogP contribution in [0.2, 0.25) is 0 Å². The Labute approximate surface area is 396 Å². The molecule has 354 valence electrons. The second-order valence-corrected chi connectivity index (χ2v) is 16.8. The summed E-state index contributed by atoms with van der Waals surface area (Å²) in [5, 5.41) is 2.90. The van der Waals surface area contributed by atoms with Gasteiger partial charge in [-0.2, -0.15) is 0 Å². The Kier molecular flexibility index (Phi) is 8.71. The van der Waals surface area contributed by atoms with E-state index in [2.05, 4.69) is 0 Å². The van der Waals surface area contributed by atoms with Gasteiger partial charge in [0.25, 0.3) is 0 Å². The van der Waals surface area contributed by atoms with Gasteiger partial charge < -0.3 is 54.9 Å². The molecule has 0 bridgehead atoms. The Morgan fingerprint density at radius 2 is 0.500 bits per heavy atom. The Balaban J connectivity index is 1.13. The molecule has 6 aromatic heterocycles. The topological polar surface area (TPSA) is 237 Å². The Bertz CT molecular complexity index is 4770. The van der Waals surface area contributed by atoms with Crippen LogP contribution in [-0.2, 0) is 0 Å². The smallest absolute Gasteiger partial charge is 0.344 e. The van der Waals surface area contributed by atoms with Crippen molar-refractivity contribution < 1.29 is 54.9 Å². The molecule has 0 N–H and O–H groups in total. The van der Waals surface area contributed by atoms with E-state index in [1.54, 1.807) is 36.4 Å². The molecule has 0 atom stereocenters. The first-order valence-electron chi connectivity index (χ1n) is 21.8. The highest BCUT2D eigenvalue weighted by molar-refractivity contribution is 6.28. The zero-order chi connectivity index (χ0) is 49.8. The van der Waals surface area contributed by atoms with E-state index in [0.717, 1.165) is 0 Å². The number of methoxy groups -OCH3 is 6. The SMILES string of the molecule is COc1cccc2c1oc(=O)c1cc3c(cc12)c(=O)oc1c(OC)c2c(oc(=O)c4cc5c(cc42)c(=O)oc2c(OC)c4c(oc(=O)c6cc7c(cc64)c(=O)oc4c(OC)cccc47)c(OC)c25)c(OC)c13. The minimum absolute atomic E-state index is 0.0532. The molecule has 7 aromatic carbocycles. The fraction of sp³-hybridized carbons (Fsp3) is 0.111. The van der Waals surface area contributed by atoms with Crippen LogP contribution in [0.3, 0.4) is 0 Å². The molecule has 0 saturated carbocycles. The highest BCUT2D eigenvalue weighted by Gasteiger charge is 2.30. The number of rotatable bonds is 6. The normalized spacial score (nSPS) is 12.1. The van der Waals surface area contributed by atoms with Gasteiger partial charge in [0, 0.05) is 43.1 Å². The van der Waals surface area contributed by atoms with Crippen LogP contribution >= 0.6 is 0 Å². The molecule has 0 saturated heterocycles. The van der Waals surface area contributed by atoms with E-state index < -0.39 is 33.8 Å². The summed E-state index contributed by atoms with van der Waals surface area (Å²) < 4.78 is 70.4. The molecule has 0 aliphatic carbocycles. The van der Waals surface area contributed by atoms with Gasteiger partial charge in [-0.3, -0.25) is 0 Å². The molecule has 0 spiro atoms. The van der Waals surface area contributed by atoms with Crippen molar-refractivity contribution in [3.05, 3.63) is 135 Å². The van der Waals surface area contributed by atoms with Gasteiger partial charge in [-0.05, 0) is 48.5 Å². The number of benzene rings is 7. The Morgan fingerprint density at radius 1 is 0.264 bits per heavy atom. The van der Waals surface area contributed by atoms with Gasteiger partial charge in [0.1, 0.15) is 0 Å². The first-order valence-corrected chi connectivity index (χ1v) is 21.8. The molecule has 72 heavy (non-hydrogen) atoms. The van der Waals surface area contributed by atoms with Crippen LogP contribution in [0, 0.1) is 0 Å². The summed E-state index contributed by atoms with van der Waals surface area (Å²) in [6.45, 7) is 0. The monoisotopic (exact) mass is 966 g/mol. The molecule has 0 aliphatic rings. The zero-order valence-corrected chi connectivity index (χ0v) is 38.3. The molecule has 0 aliphatic heterocycles.